The second-order valence-electron chi connectivity index (χ2n) is 3.62. The number of hydrogen-bond acceptors (Lipinski definition) is 0. The molecule has 0 aromatic carbocycles. The van der Waals surface area contributed by atoms with E-state index in [4.69, 9.17) is 0 Å². The summed E-state index contributed by atoms with van der Waals surface area (Å²) in [6, 6.07) is 0. The van der Waals surface area contributed by atoms with Gasteiger partial charge in [-0.25, -0.2) is 0 Å². The van der Waals surface area contributed by atoms with Crippen LogP contribution in [0.5, 0.6) is 0 Å². The topological polar surface area (TPSA) is 0 Å². The van der Waals surface area contributed by atoms with Crippen molar-refractivity contribution in [2.75, 3.05) is 0 Å². The molecule has 10 heavy (non-hydrogen) atoms. The molecule has 1 fully saturated rings. The Morgan fingerprint density at radius 2 is 1.90 bits per heavy atom. The maximum absolute atomic E-state index is 4.08. The summed E-state index contributed by atoms with van der Waals surface area (Å²) >= 11 is 0. The van der Waals surface area contributed by atoms with Gasteiger partial charge in [0.15, 0.2) is 0 Å². The van der Waals surface area contributed by atoms with E-state index in [1.54, 1.807) is 0 Å². The van der Waals surface area contributed by atoms with Gasteiger partial charge in [0.2, 0.25) is 0 Å². The van der Waals surface area contributed by atoms with Gasteiger partial charge in [0.1, 0.15) is 0 Å². The molecule has 0 aromatic heterocycles. The van der Waals surface area contributed by atoms with Crippen LogP contribution in [-0.4, -0.2) is 0 Å². The molecular weight excluding hydrogens is 120 g/mol. The van der Waals surface area contributed by atoms with Crippen molar-refractivity contribution in [2.24, 2.45) is 5.41 Å². The first-order valence-corrected chi connectivity index (χ1v) is 4.37. The Morgan fingerprint density at radius 3 is 2.10 bits per heavy atom. The van der Waals surface area contributed by atoms with Crippen LogP contribution in [0.25, 0.3) is 0 Å². The predicted octanol–water partition coefficient (Wildman–Crippen LogP) is 3.53. The average molecular weight is 138 g/mol. The Morgan fingerprint density at radius 1 is 1.40 bits per heavy atom. The van der Waals surface area contributed by atoms with Crippen molar-refractivity contribution >= 4 is 0 Å². The molecule has 1 aliphatic carbocycles. The SMILES string of the molecule is C=C(C)C1(CC)CCCC1. The molecule has 1 rings (SSSR count). The van der Waals surface area contributed by atoms with Gasteiger partial charge in [-0.1, -0.05) is 31.9 Å². The van der Waals surface area contributed by atoms with Crippen LogP contribution in [0.1, 0.15) is 46.0 Å². The van der Waals surface area contributed by atoms with E-state index in [0.29, 0.717) is 5.41 Å². The Bertz CT molecular complexity index is 127. The fourth-order valence-electron chi connectivity index (χ4n) is 2.13. The molecule has 0 heterocycles. The second-order valence-corrected chi connectivity index (χ2v) is 3.62. The Kier molecular flexibility index (Phi) is 2.18. The highest BCUT2D eigenvalue weighted by atomic mass is 14.4. The van der Waals surface area contributed by atoms with Crippen LogP contribution in [0.15, 0.2) is 12.2 Å². The summed E-state index contributed by atoms with van der Waals surface area (Å²) in [4.78, 5) is 0. The van der Waals surface area contributed by atoms with Gasteiger partial charge in [0, 0.05) is 0 Å². The van der Waals surface area contributed by atoms with E-state index in [1.807, 2.05) is 0 Å². The minimum atomic E-state index is 0.542. The van der Waals surface area contributed by atoms with Crippen molar-refractivity contribution in [3.05, 3.63) is 12.2 Å². The maximum atomic E-state index is 4.08. The zero-order chi connectivity index (χ0) is 7.61. The number of rotatable bonds is 2. The quantitative estimate of drug-likeness (QED) is 0.512. The van der Waals surface area contributed by atoms with Crippen LogP contribution in [0.2, 0.25) is 0 Å². The molecule has 1 saturated carbocycles. The summed E-state index contributed by atoms with van der Waals surface area (Å²) in [6.07, 6.45) is 6.90. The highest BCUT2D eigenvalue weighted by Gasteiger charge is 2.32. The lowest BCUT2D eigenvalue weighted by Gasteiger charge is -2.27. The van der Waals surface area contributed by atoms with Crippen molar-refractivity contribution < 1.29 is 0 Å². The minimum absolute atomic E-state index is 0.542. The Hall–Kier alpha value is -0.260. The molecule has 0 unspecified atom stereocenters. The van der Waals surface area contributed by atoms with Crippen LogP contribution in [-0.2, 0) is 0 Å². The Labute approximate surface area is 64.3 Å². The van der Waals surface area contributed by atoms with Gasteiger partial charge in [-0.2, -0.15) is 0 Å². The van der Waals surface area contributed by atoms with E-state index >= 15 is 0 Å². The largest absolute Gasteiger partial charge is 0.0996 e. The van der Waals surface area contributed by atoms with Gasteiger partial charge in [-0.05, 0) is 31.6 Å². The summed E-state index contributed by atoms with van der Waals surface area (Å²) in [7, 11) is 0. The molecule has 0 aromatic rings. The van der Waals surface area contributed by atoms with Gasteiger partial charge in [0.25, 0.3) is 0 Å². The average Bonchev–Trinajstić information content (AvgIpc) is 2.35. The molecule has 0 atom stereocenters. The highest BCUT2D eigenvalue weighted by molar-refractivity contribution is 5.09. The molecule has 0 amide bonds. The van der Waals surface area contributed by atoms with E-state index < -0.39 is 0 Å². The van der Waals surface area contributed by atoms with Crippen molar-refractivity contribution in [1.29, 1.82) is 0 Å². The summed E-state index contributed by atoms with van der Waals surface area (Å²) < 4.78 is 0. The standard InChI is InChI=1S/C10H18/c1-4-10(9(2)3)7-5-6-8-10/h2,4-8H2,1,3H3. The number of hydrogen-bond donors (Lipinski definition) is 0. The smallest absolute Gasteiger partial charge is 0.00961 e. The molecule has 0 heteroatoms. The van der Waals surface area contributed by atoms with E-state index in [-0.39, 0.29) is 0 Å². The van der Waals surface area contributed by atoms with Crippen LogP contribution in [0.4, 0.5) is 0 Å². The van der Waals surface area contributed by atoms with Crippen molar-refractivity contribution in [2.45, 2.75) is 46.0 Å². The lowest BCUT2D eigenvalue weighted by atomic mass is 9.78. The third-order valence-corrected chi connectivity index (χ3v) is 3.14. The number of allylic oxidation sites excluding steroid dienone is 1. The van der Waals surface area contributed by atoms with Gasteiger partial charge >= 0.3 is 0 Å². The molecule has 0 bridgehead atoms. The highest BCUT2D eigenvalue weighted by Crippen LogP contribution is 2.45. The third-order valence-electron chi connectivity index (χ3n) is 3.14. The normalized spacial score (nSPS) is 23.0. The molecule has 58 valence electrons. The summed E-state index contributed by atoms with van der Waals surface area (Å²) in [5, 5.41) is 0. The van der Waals surface area contributed by atoms with Crippen molar-refractivity contribution in [3.63, 3.8) is 0 Å². The first-order chi connectivity index (χ1) is 4.71. The monoisotopic (exact) mass is 138 g/mol. The molecule has 0 saturated heterocycles. The van der Waals surface area contributed by atoms with Crippen LogP contribution in [0.3, 0.4) is 0 Å². The first-order valence-electron chi connectivity index (χ1n) is 4.37. The van der Waals surface area contributed by atoms with Crippen molar-refractivity contribution in [1.82, 2.24) is 0 Å². The summed E-state index contributed by atoms with van der Waals surface area (Å²) in [5.74, 6) is 0. The third kappa shape index (κ3) is 1.12. The molecule has 0 nitrogen and oxygen atoms in total. The fourth-order valence-corrected chi connectivity index (χ4v) is 2.13. The van der Waals surface area contributed by atoms with E-state index in [2.05, 4.69) is 20.4 Å². The van der Waals surface area contributed by atoms with Gasteiger partial charge < -0.3 is 0 Å². The van der Waals surface area contributed by atoms with Crippen LogP contribution < -0.4 is 0 Å². The van der Waals surface area contributed by atoms with Gasteiger partial charge in [-0.3, -0.25) is 0 Å². The fraction of sp³-hybridized carbons (Fsp3) is 0.800. The molecule has 1 aliphatic rings. The maximum Gasteiger partial charge on any atom is -0.00961 e. The van der Waals surface area contributed by atoms with E-state index in [0.717, 1.165) is 0 Å². The van der Waals surface area contributed by atoms with Gasteiger partial charge in [0.05, 0.1) is 0 Å². The summed E-state index contributed by atoms with van der Waals surface area (Å²) in [6.45, 7) is 8.56. The molecule has 0 spiro atoms. The van der Waals surface area contributed by atoms with Crippen LogP contribution in [0, 0.1) is 5.41 Å². The van der Waals surface area contributed by atoms with E-state index in [9.17, 15) is 0 Å². The molecule has 0 aliphatic heterocycles. The Balaban J connectivity index is 2.67. The lowest BCUT2D eigenvalue weighted by Crippen LogP contribution is -2.15. The molecular formula is C10H18. The predicted molar refractivity (Wildman–Crippen MR) is 46.0 cm³/mol. The lowest BCUT2D eigenvalue weighted by molar-refractivity contribution is 0.355. The zero-order valence-corrected chi connectivity index (χ0v) is 7.24. The van der Waals surface area contributed by atoms with Crippen molar-refractivity contribution in [3.8, 4) is 0 Å². The molecule has 0 N–H and O–H groups in total. The van der Waals surface area contributed by atoms with Gasteiger partial charge in [-0.15, -0.1) is 0 Å². The second kappa shape index (κ2) is 2.77. The van der Waals surface area contributed by atoms with E-state index in [1.165, 1.54) is 37.7 Å². The zero-order valence-electron chi connectivity index (χ0n) is 7.24. The minimum Gasteiger partial charge on any atom is -0.0996 e. The molecule has 0 radical (unpaired) electrons. The summed E-state index contributed by atoms with van der Waals surface area (Å²) in [5.41, 5.74) is 1.95. The first kappa shape index (κ1) is 7.84. The van der Waals surface area contributed by atoms with Crippen LogP contribution >= 0.6 is 0 Å².